The minimum absolute atomic E-state index is 0.259. The van der Waals surface area contributed by atoms with Crippen LogP contribution in [0.25, 0.3) is 0 Å². The predicted molar refractivity (Wildman–Crippen MR) is 45.5 cm³/mol. The zero-order chi connectivity index (χ0) is 9.19. The number of carbonyl (C=O) groups excluding carboxylic acids is 1. The van der Waals surface area contributed by atoms with Gasteiger partial charge in [-0.25, -0.2) is 4.79 Å². The van der Waals surface area contributed by atoms with Crippen LogP contribution in [-0.2, 0) is 4.74 Å². The van der Waals surface area contributed by atoms with E-state index in [2.05, 4.69) is 0 Å². The Morgan fingerprint density at radius 3 is 2.42 bits per heavy atom. The lowest BCUT2D eigenvalue weighted by Gasteiger charge is -2.34. The summed E-state index contributed by atoms with van der Waals surface area (Å²) in [6, 6.07) is 0.259. The molecule has 0 atom stereocenters. The summed E-state index contributed by atoms with van der Waals surface area (Å²) in [6.45, 7) is 1.91. The lowest BCUT2D eigenvalue weighted by Crippen LogP contribution is -2.41. The Hall–Kier alpha value is -0.770. The Bertz CT molecular complexity index is 174. The fraction of sp³-hybridized carbons (Fsp3) is 0.875. The number of carbonyl (C=O) groups is 1. The Balaban J connectivity index is 2.44. The molecule has 0 radical (unpaired) electrons. The number of hydrogen-bond acceptors (Lipinski definition) is 3. The molecule has 1 saturated carbocycles. The Morgan fingerprint density at radius 2 is 2.00 bits per heavy atom. The number of amides is 1. The second-order valence-corrected chi connectivity index (χ2v) is 3.71. The first-order valence-corrected chi connectivity index (χ1v) is 4.26. The molecule has 1 aliphatic rings. The van der Waals surface area contributed by atoms with Crippen LogP contribution in [0.5, 0.6) is 0 Å². The van der Waals surface area contributed by atoms with Crippen molar-refractivity contribution in [3.05, 3.63) is 0 Å². The van der Waals surface area contributed by atoms with Gasteiger partial charge in [0.05, 0.1) is 0 Å². The SMILES string of the molecule is CC1(OC(N)=O)CCC(N)CC1. The zero-order valence-corrected chi connectivity index (χ0v) is 7.38. The minimum Gasteiger partial charge on any atom is -0.443 e. The molecule has 1 fully saturated rings. The summed E-state index contributed by atoms with van der Waals surface area (Å²) in [7, 11) is 0. The van der Waals surface area contributed by atoms with Crippen LogP contribution in [0.4, 0.5) is 4.79 Å². The molecule has 70 valence electrons. The molecule has 12 heavy (non-hydrogen) atoms. The van der Waals surface area contributed by atoms with Crippen LogP contribution in [-0.4, -0.2) is 17.7 Å². The fourth-order valence-electron chi connectivity index (χ4n) is 1.60. The number of primary amides is 1. The minimum atomic E-state index is -0.687. The van der Waals surface area contributed by atoms with E-state index in [1.54, 1.807) is 0 Å². The first kappa shape index (κ1) is 9.32. The van der Waals surface area contributed by atoms with Crippen LogP contribution in [0.15, 0.2) is 0 Å². The van der Waals surface area contributed by atoms with Crippen LogP contribution >= 0.6 is 0 Å². The van der Waals surface area contributed by atoms with Gasteiger partial charge in [0.25, 0.3) is 0 Å². The van der Waals surface area contributed by atoms with Gasteiger partial charge < -0.3 is 16.2 Å². The summed E-state index contributed by atoms with van der Waals surface area (Å²) < 4.78 is 5.01. The number of ether oxygens (including phenoxy) is 1. The van der Waals surface area contributed by atoms with E-state index in [4.69, 9.17) is 16.2 Å². The van der Waals surface area contributed by atoms with E-state index >= 15 is 0 Å². The van der Waals surface area contributed by atoms with Crippen LogP contribution in [0.3, 0.4) is 0 Å². The van der Waals surface area contributed by atoms with Gasteiger partial charge in [0.15, 0.2) is 0 Å². The topological polar surface area (TPSA) is 78.3 Å². The summed E-state index contributed by atoms with van der Waals surface area (Å²) in [5.41, 5.74) is 10.3. The molecule has 0 aromatic heterocycles. The molecule has 0 aliphatic heterocycles. The van der Waals surface area contributed by atoms with Crippen LogP contribution in [0.1, 0.15) is 32.6 Å². The van der Waals surface area contributed by atoms with Crippen LogP contribution in [0, 0.1) is 0 Å². The Labute approximate surface area is 72.2 Å². The van der Waals surface area contributed by atoms with Gasteiger partial charge >= 0.3 is 6.09 Å². The third-order valence-electron chi connectivity index (χ3n) is 2.43. The highest BCUT2D eigenvalue weighted by Crippen LogP contribution is 2.30. The Morgan fingerprint density at radius 1 is 1.50 bits per heavy atom. The molecule has 0 aromatic rings. The molecule has 1 amide bonds. The maximum atomic E-state index is 10.5. The normalized spacial score (nSPS) is 36.0. The smallest absolute Gasteiger partial charge is 0.405 e. The molecule has 0 saturated heterocycles. The van der Waals surface area contributed by atoms with Gasteiger partial charge in [0, 0.05) is 6.04 Å². The predicted octanol–water partition coefficient (Wildman–Crippen LogP) is 0.742. The molecule has 0 unspecified atom stereocenters. The van der Waals surface area contributed by atoms with Crippen molar-refractivity contribution in [2.75, 3.05) is 0 Å². The van der Waals surface area contributed by atoms with Crippen molar-refractivity contribution in [3.63, 3.8) is 0 Å². The molecule has 1 rings (SSSR count). The van der Waals surface area contributed by atoms with Crippen LogP contribution < -0.4 is 11.5 Å². The fourth-order valence-corrected chi connectivity index (χ4v) is 1.60. The Kier molecular flexibility index (Phi) is 2.57. The van der Waals surface area contributed by atoms with E-state index < -0.39 is 6.09 Å². The monoisotopic (exact) mass is 172 g/mol. The van der Waals surface area contributed by atoms with E-state index in [-0.39, 0.29) is 11.6 Å². The molecule has 4 heteroatoms. The molecule has 0 aromatic carbocycles. The molecule has 0 spiro atoms. The molecule has 4 nitrogen and oxygen atoms in total. The highest BCUT2D eigenvalue weighted by atomic mass is 16.6. The lowest BCUT2D eigenvalue weighted by molar-refractivity contribution is -0.000494. The molecule has 1 aliphatic carbocycles. The zero-order valence-electron chi connectivity index (χ0n) is 7.38. The second kappa shape index (κ2) is 3.31. The number of nitrogens with two attached hydrogens (primary N) is 2. The molecular weight excluding hydrogens is 156 g/mol. The van der Waals surface area contributed by atoms with Gasteiger partial charge in [-0.3, -0.25) is 0 Å². The average Bonchev–Trinajstić information content (AvgIpc) is 1.94. The van der Waals surface area contributed by atoms with Crippen molar-refractivity contribution >= 4 is 6.09 Å². The van der Waals surface area contributed by atoms with Crippen molar-refractivity contribution in [1.82, 2.24) is 0 Å². The largest absolute Gasteiger partial charge is 0.443 e. The lowest BCUT2D eigenvalue weighted by atomic mass is 9.84. The van der Waals surface area contributed by atoms with E-state index in [9.17, 15) is 4.79 Å². The first-order valence-electron chi connectivity index (χ1n) is 4.26. The molecule has 4 N–H and O–H groups in total. The average molecular weight is 172 g/mol. The van der Waals surface area contributed by atoms with Crippen molar-refractivity contribution < 1.29 is 9.53 Å². The summed E-state index contributed by atoms with van der Waals surface area (Å²) in [4.78, 5) is 10.5. The summed E-state index contributed by atoms with van der Waals surface area (Å²) in [5, 5.41) is 0. The third-order valence-corrected chi connectivity index (χ3v) is 2.43. The standard InChI is InChI=1S/C8H16N2O2/c1-8(12-7(10)11)4-2-6(9)3-5-8/h6H,2-5,9H2,1H3,(H2,10,11). The number of hydrogen-bond donors (Lipinski definition) is 2. The van der Waals surface area contributed by atoms with Crippen molar-refractivity contribution in [2.45, 2.75) is 44.2 Å². The van der Waals surface area contributed by atoms with E-state index in [0.29, 0.717) is 0 Å². The van der Waals surface area contributed by atoms with Gasteiger partial charge in [-0.15, -0.1) is 0 Å². The van der Waals surface area contributed by atoms with Crippen molar-refractivity contribution in [2.24, 2.45) is 11.5 Å². The summed E-state index contributed by atoms with van der Waals surface area (Å²) in [5.74, 6) is 0. The highest BCUT2D eigenvalue weighted by molar-refractivity contribution is 5.65. The van der Waals surface area contributed by atoms with Gasteiger partial charge in [0.1, 0.15) is 5.60 Å². The van der Waals surface area contributed by atoms with Gasteiger partial charge in [0.2, 0.25) is 0 Å². The summed E-state index contributed by atoms with van der Waals surface area (Å²) >= 11 is 0. The number of rotatable bonds is 1. The van der Waals surface area contributed by atoms with Gasteiger partial charge in [-0.2, -0.15) is 0 Å². The first-order chi connectivity index (χ1) is 5.52. The maximum Gasteiger partial charge on any atom is 0.405 e. The van der Waals surface area contributed by atoms with Gasteiger partial charge in [-0.05, 0) is 32.6 Å². The third kappa shape index (κ3) is 2.37. The van der Waals surface area contributed by atoms with Crippen LogP contribution in [0.2, 0.25) is 0 Å². The van der Waals surface area contributed by atoms with E-state index in [0.717, 1.165) is 25.7 Å². The highest BCUT2D eigenvalue weighted by Gasteiger charge is 2.32. The maximum absolute atomic E-state index is 10.5. The van der Waals surface area contributed by atoms with E-state index in [1.807, 2.05) is 6.92 Å². The second-order valence-electron chi connectivity index (χ2n) is 3.71. The molecular formula is C8H16N2O2. The quantitative estimate of drug-likeness (QED) is 0.612. The van der Waals surface area contributed by atoms with E-state index in [1.165, 1.54) is 0 Å². The van der Waals surface area contributed by atoms with Crippen molar-refractivity contribution in [1.29, 1.82) is 0 Å². The van der Waals surface area contributed by atoms with Gasteiger partial charge in [-0.1, -0.05) is 0 Å². The van der Waals surface area contributed by atoms with Crippen molar-refractivity contribution in [3.8, 4) is 0 Å². The molecule has 0 heterocycles. The summed E-state index contributed by atoms with van der Waals surface area (Å²) in [6.07, 6.45) is 2.76. The molecule has 0 bridgehead atoms.